The van der Waals surface area contributed by atoms with Gasteiger partial charge in [-0.2, -0.15) is 0 Å². The Morgan fingerprint density at radius 1 is 1.17 bits per heavy atom. The van der Waals surface area contributed by atoms with E-state index >= 15 is 0 Å². The highest BCUT2D eigenvalue weighted by Crippen LogP contribution is 2.28. The standard InChI is InChI=1S/C18H16N2O3S/c1-20(2)17(21)11-23-18(22)13-10-15(16-8-5-9-24-16)19-14-7-4-3-6-12(13)14/h3-10H,11H2,1-2H3. The van der Waals surface area contributed by atoms with Crippen LogP contribution in [0.5, 0.6) is 0 Å². The number of hydrogen-bond acceptors (Lipinski definition) is 5. The van der Waals surface area contributed by atoms with Crippen molar-refractivity contribution in [2.75, 3.05) is 20.7 Å². The van der Waals surface area contributed by atoms with Crippen molar-refractivity contribution in [2.24, 2.45) is 0 Å². The number of aromatic nitrogens is 1. The smallest absolute Gasteiger partial charge is 0.339 e. The number of fused-ring (bicyclic) bond motifs is 1. The molecule has 0 saturated carbocycles. The van der Waals surface area contributed by atoms with Crippen LogP contribution in [0.2, 0.25) is 0 Å². The monoisotopic (exact) mass is 340 g/mol. The Hall–Kier alpha value is -2.73. The molecule has 0 spiro atoms. The lowest BCUT2D eigenvalue weighted by molar-refractivity contribution is -0.131. The quantitative estimate of drug-likeness (QED) is 0.684. The Kier molecular flexibility index (Phi) is 4.57. The summed E-state index contributed by atoms with van der Waals surface area (Å²) in [5, 5.41) is 2.67. The van der Waals surface area contributed by atoms with Crippen LogP contribution in [0.1, 0.15) is 10.4 Å². The number of esters is 1. The molecule has 3 aromatic rings. The lowest BCUT2D eigenvalue weighted by Crippen LogP contribution is -2.27. The molecule has 0 saturated heterocycles. The summed E-state index contributed by atoms with van der Waals surface area (Å²) in [6.45, 7) is -0.281. The molecule has 2 aromatic heterocycles. The van der Waals surface area contributed by atoms with E-state index < -0.39 is 5.97 Å². The van der Waals surface area contributed by atoms with Crippen LogP contribution in [0.15, 0.2) is 47.8 Å². The van der Waals surface area contributed by atoms with Crippen molar-refractivity contribution >= 4 is 34.1 Å². The zero-order chi connectivity index (χ0) is 17.1. The topological polar surface area (TPSA) is 59.5 Å². The number of amides is 1. The molecular formula is C18H16N2O3S. The van der Waals surface area contributed by atoms with Crippen LogP contribution >= 0.6 is 11.3 Å². The lowest BCUT2D eigenvalue weighted by atomic mass is 10.1. The van der Waals surface area contributed by atoms with E-state index in [1.165, 1.54) is 4.90 Å². The minimum atomic E-state index is -0.526. The van der Waals surface area contributed by atoms with Crippen molar-refractivity contribution in [3.05, 3.63) is 53.4 Å². The molecule has 0 aliphatic rings. The molecule has 0 radical (unpaired) electrons. The van der Waals surface area contributed by atoms with E-state index in [4.69, 9.17) is 4.74 Å². The number of thiophene rings is 1. The van der Waals surface area contributed by atoms with Crippen LogP contribution in [-0.2, 0) is 9.53 Å². The van der Waals surface area contributed by atoms with Gasteiger partial charge in [0, 0.05) is 19.5 Å². The summed E-state index contributed by atoms with van der Waals surface area (Å²) in [6, 6.07) is 13.0. The molecule has 24 heavy (non-hydrogen) atoms. The van der Waals surface area contributed by atoms with Gasteiger partial charge in [0.25, 0.3) is 5.91 Å². The predicted octanol–water partition coefficient (Wildman–Crippen LogP) is 3.21. The van der Waals surface area contributed by atoms with Gasteiger partial charge in [-0.05, 0) is 23.6 Å². The van der Waals surface area contributed by atoms with Gasteiger partial charge >= 0.3 is 5.97 Å². The summed E-state index contributed by atoms with van der Waals surface area (Å²) in [4.78, 5) is 31.1. The van der Waals surface area contributed by atoms with E-state index in [0.29, 0.717) is 16.5 Å². The Morgan fingerprint density at radius 3 is 2.67 bits per heavy atom. The third-order valence-electron chi connectivity index (χ3n) is 3.54. The van der Waals surface area contributed by atoms with Gasteiger partial charge in [-0.25, -0.2) is 9.78 Å². The molecule has 2 heterocycles. The summed E-state index contributed by atoms with van der Waals surface area (Å²) in [5.74, 6) is -0.790. The number of benzene rings is 1. The maximum atomic E-state index is 12.5. The fourth-order valence-electron chi connectivity index (χ4n) is 2.23. The molecule has 6 heteroatoms. The average Bonchev–Trinajstić information content (AvgIpc) is 3.12. The SMILES string of the molecule is CN(C)C(=O)COC(=O)c1cc(-c2cccs2)nc2ccccc12. The van der Waals surface area contributed by atoms with Gasteiger partial charge in [-0.3, -0.25) is 4.79 Å². The van der Waals surface area contributed by atoms with Crippen LogP contribution < -0.4 is 0 Å². The van der Waals surface area contributed by atoms with Crippen molar-refractivity contribution in [3.63, 3.8) is 0 Å². The van der Waals surface area contributed by atoms with Crippen LogP contribution in [0.4, 0.5) is 0 Å². The maximum Gasteiger partial charge on any atom is 0.339 e. The Bertz CT molecular complexity index is 888. The number of rotatable bonds is 4. The van der Waals surface area contributed by atoms with E-state index in [-0.39, 0.29) is 12.5 Å². The summed E-state index contributed by atoms with van der Waals surface area (Å²) >= 11 is 1.55. The second-order valence-electron chi connectivity index (χ2n) is 5.41. The van der Waals surface area contributed by atoms with E-state index in [2.05, 4.69) is 4.98 Å². The Balaban J connectivity index is 1.99. The summed E-state index contributed by atoms with van der Waals surface area (Å²) < 4.78 is 5.18. The van der Waals surface area contributed by atoms with Crippen LogP contribution in [0, 0.1) is 0 Å². The average molecular weight is 340 g/mol. The number of pyridine rings is 1. The van der Waals surface area contributed by atoms with Crippen molar-refractivity contribution in [3.8, 4) is 10.6 Å². The largest absolute Gasteiger partial charge is 0.452 e. The Morgan fingerprint density at radius 2 is 1.96 bits per heavy atom. The highest BCUT2D eigenvalue weighted by Gasteiger charge is 2.17. The highest BCUT2D eigenvalue weighted by atomic mass is 32.1. The van der Waals surface area contributed by atoms with Crippen LogP contribution in [-0.4, -0.2) is 42.5 Å². The summed E-state index contributed by atoms with van der Waals surface area (Å²) in [7, 11) is 3.24. The first-order chi connectivity index (χ1) is 11.6. The first-order valence-corrected chi connectivity index (χ1v) is 8.25. The molecule has 0 aliphatic heterocycles. The number of para-hydroxylation sites is 1. The van der Waals surface area contributed by atoms with Gasteiger partial charge in [0.15, 0.2) is 6.61 Å². The molecule has 0 aliphatic carbocycles. The number of carbonyl (C=O) groups excluding carboxylic acids is 2. The minimum Gasteiger partial charge on any atom is -0.452 e. The van der Waals surface area contributed by atoms with Crippen molar-refractivity contribution in [1.29, 1.82) is 0 Å². The molecular weight excluding hydrogens is 324 g/mol. The number of nitrogens with zero attached hydrogens (tertiary/aromatic N) is 2. The normalized spacial score (nSPS) is 10.6. The van der Waals surface area contributed by atoms with E-state index in [0.717, 1.165) is 10.6 Å². The summed E-state index contributed by atoms with van der Waals surface area (Å²) in [6.07, 6.45) is 0. The second-order valence-corrected chi connectivity index (χ2v) is 6.36. The first kappa shape index (κ1) is 16.1. The number of likely N-dealkylation sites (N-methyl/N-ethyl adjacent to an activating group) is 1. The predicted molar refractivity (Wildman–Crippen MR) is 94.0 cm³/mol. The zero-order valence-electron chi connectivity index (χ0n) is 13.4. The number of carbonyl (C=O) groups is 2. The molecule has 0 fully saturated rings. The molecule has 0 unspecified atom stereocenters. The molecule has 1 amide bonds. The van der Waals surface area contributed by atoms with Crippen LogP contribution in [0.3, 0.4) is 0 Å². The third kappa shape index (κ3) is 3.28. The molecule has 3 rings (SSSR count). The fourth-order valence-corrected chi connectivity index (χ4v) is 2.92. The third-order valence-corrected chi connectivity index (χ3v) is 4.43. The lowest BCUT2D eigenvalue weighted by Gasteiger charge is -2.12. The van der Waals surface area contributed by atoms with Crippen LogP contribution in [0.25, 0.3) is 21.5 Å². The Labute approximate surface area is 143 Å². The maximum absolute atomic E-state index is 12.5. The van der Waals surface area contributed by atoms with Gasteiger partial charge in [-0.15, -0.1) is 11.3 Å². The van der Waals surface area contributed by atoms with Gasteiger partial charge < -0.3 is 9.64 Å². The molecule has 5 nitrogen and oxygen atoms in total. The van der Waals surface area contributed by atoms with E-state index in [1.54, 1.807) is 31.5 Å². The zero-order valence-corrected chi connectivity index (χ0v) is 14.2. The van der Waals surface area contributed by atoms with Crippen molar-refractivity contribution < 1.29 is 14.3 Å². The fraction of sp³-hybridized carbons (Fsp3) is 0.167. The van der Waals surface area contributed by atoms with Gasteiger partial charge in [0.05, 0.1) is 21.7 Å². The van der Waals surface area contributed by atoms with E-state index in [9.17, 15) is 9.59 Å². The highest BCUT2D eigenvalue weighted by molar-refractivity contribution is 7.13. The molecule has 0 atom stereocenters. The molecule has 0 bridgehead atoms. The van der Waals surface area contributed by atoms with Crippen molar-refractivity contribution in [2.45, 2.75) is 0 Å². The molecule has 122 valence electrons. The van der Waals surface area contributed by atoms with Gasteiger partial charge in [-0.1, -0.05) is 24.3 Å². The van der Waals surface area contributed by atoms with Crippen molar-refractivity contribution in [1.82, 2.24) is 9.88 Å². The van der Waals surface area contributed by atoms with E-state index in [1.807, 2.05) is 41.8 Å². The number of hydrogen-bond donors (Lipinski definition) is 0. The summed E-state index contributed by atoms with van der Waals surface area (Å²) in [5.41, 5.74) is 1.85. The van der Waals surface area contributed by atoms with Gasteiger partial charge in [0.1, 0.15) is 0 Å². The molecule has 1 aromatic carbocycles. The van der Waals surface area contributed by atoms with Gasteiger partial charge in [0.2, 0.25) is 0 Å². The number of ether oxygens (including phenoxy) is 1. The molecule has 0 N–H and O–H groups in total. The second kappa shape index (κ2) is 6.80. The minimum absolute atomic E-state index is 0.264. The first-order valence-electron chi connectivity index (χ1n) is 7.37.